The molecular formula is C14H18ClNO. The molecule has 1 N–H and O–H groups in total. The van der Waals surface area contributed by atoms with Crippen LogP contribution in [-0.2, 0) is 6.54 Å². The van der Waals surface area contributed by atoms with Gasteiger partial charge in [0.15, 0.2) is 0 Å². The highest BCUT2D eigenvalue weighted by Crippen LogP contribution is 2.26. The first-order chi connectivity index (χ1) is 8.29. The van der Waals surface area contributed by atoms with Gasteiger partial charge in [0.2, 0.25) is 0 Å². The van der Waals surface area contributed by atoms with Gasteiger partial charge in [0.05, 0.1) is 6.61 Å². The van der Waals surface area contributed by atoms with Crippen LogP contribution in [-0.4, -0.2) is 13.2 Å². The molecule has 0 amide bonds. The lowest BCUT2D eigenvalue weighted by atomic mass is 10.2. The van der Waals surface area contributed by atoms with E-state index in [1.54, 1.807) is 0 Å². The molecule has 0 fully saturated rings. The second-order valence-electron chi connectivity index (χ2n) is 3.52. The maximum Gasteiger partial charge on any atom is 0.125 e. The van der Waals surface area contributed by atoms with Crippen LogP contribution in [0, 0.1) is 11.8 Å². The van der Waals surface area contributed by atoms with Crippen LogP contribution in [0.2, 0.25) is 5.02 Å². The number of ether oxygens (including phenoxy) is 1. The Labute approximate surface area is 108 Å². The summed E-state index contributed by atoms with van der Waals surface area (Å²) >= 11 is 6.16. The Morgan fingerprint density at radius 2 is 2.24 bits per heavy atom. The third-order valence-corrected chi connectivity index (χ3v) is 2.64. The highest BCUT2D eigenvalue weighted by molar-refractivity contribution is 6.31. The summed E-state index contributed by atoms with van der Waals surface area (Å²) in [6.45, 7) is 6.13. The van der Waals surface area contributed by atoms with Crippen LogP contribution in [0.25, 0.3) is 0 Å². The lowest BCUT2D eigenvalue weighted by Crippen LogP contribution is -2.13. The van der Waals surface area contributed by atoms with E-state index in [9.17, 15) is 0 Å². The molecule has 0 spiro atoms. The Morgan fingerprint density at radius 1 is 1.41 bits per heavy atom. The Morgan fingerprint density at radius 3 is 2.94 bits per heavy atom. The Kier molecular flexibility index (Phi) is 6.54. The molecule has 0 aliphatic rings. The average Bonchev–Trinajstić information content (AvgIpc) is 2.34. The Balaban J connectivity index is 2.67. The molecule has 0 unspecified atom stereocenters. The highest BCUT2D eigenvalue weighted by atomic mass is 35.5. The first-order valence-electron chi connectivity index (χ1n) is 5.80. The third-order valence-electron chi connectivity index (χ3n) is 2.29. The van der Waals surface area contributed by atoms with Crippen molar-refractivity contribution >= 4 is 11.6 Å². The van der Waals surface area contributed by atoms with Crippen LogP contribution < -0.4 is 10.1 Å². The number of hydrogen-bond acceptors (Lipinski definition) is 2. The molecule has 0 saturated carbocycles. The first-order valence-corrected chi connectivity index (χ1v) is 6.18. The van der Waals surface area contributed by atoms with Crippen LogP contribution >= 0.6 is 11.6 Å². The lowest BCUT2D eigenvalue weighted by Gasteiger charge is -2.12. The Bertz CT molecular complexity index is 406. The van der Waals surface area contributed by atoms with Gasteiger partial charge in [0.25, 0.3) is 0 Å². The SMILES string of the molecule is CC#CCCOc1cccc(Cl)c1CNCC. The summed E-state index contributed by atoms with van der Waals surface area (Å²) in [5, 5.41) is 4.00. The minimum atomic E-state index is 0.598. The van der Waals surface area contributed by atoms with E-state index < -0.39 is 0 Å². The molecular weight excluding hydrogens is 234 g/mol. The van der Waals surface area contributed by atoms with Crippen molar-refractivity contribution in [1.82, 2.24) is 5.32 Å². The predicted molar refractivity (Wildman–Crippen MR) is 72.4 cm³/mol. The minimum absolute atomic E-state index is 0.598. The fraction of sp³-hybridized carbons (Fsp3) is 0.429. The molecule has 1 aromatic carbocycles. The van der Waals surface area contributed by atoms with Gasteiger partial charge < -0.3 is 10.1 Å². The lowest BCUT2D eigenvalue weighted by molar-refractivity contribution is 0.323. The smallest absolute Gasteiger partial charge is 0.125 e. The molecule has 0 radical (unpaired) electrons. The van der Waals surface area contributed by atoms with E-state index in [0.29, 0.717) is 6.61 Å². The standard InChI is InChI=1S/C14H18ClNO/c1-3-5-6-10-17-14-9-7-8-13(15)12(14)11-16-4-2/h7-9,16H,4,6,10-11H2,1-2H3. The number of nitrogens with one attached hydrogen (secondary N) is 1. The van der Waals surface area contributed by atoms with Crippen molar-refractivity contribution in [2.24, 2.45) is 0 Å². The highest BCUT2D eigenvalue weighted by Gasteiger charge is 2.07. The topological polar surface area (TPSA) is 21.3 Å². The third kappa shape index (κ3) is 4.68. The van der Waals surface area contributed by atoms with Crippen molar-refractivity contribution in [3.05, 3.63) is 28.8 Å². The zero-order valence-corrected chi connectivity index (χ0v) is 11.1. The summed E-state index contributed by atoms with van der Waals surface area (Å²) in [4.78, 5) is 0. The van der Waals surface area contributed by atoms with Gasteiger partial charge in [-0.1, -0.05) is 24.6 Å². The van der Waals surface area contributed by atoms with Crippen LogP contribution in [0.4, 0.5) is 0 Å². The van der Waals surface area contributed by atoms with Crippen LogP contribution in [0.3, 0.4) is 0 Å². The summed E-state index contributed by atoms with van der Waals surface area (Å²) in [5.74, 6) is 6.66. The minimum Gasteiger partial charge on any atom is -0.492 e. The summed E-state index contributed by atoms with van der Waals surface area (Å²) < 4.78 is 5.69. The first kappa shape index (κ1) is 13.9. The van der Waals surface area contributed by atoms with Gasteiger partial charge in [-0.05, 0) is 25.6 Å². The molecule has 17 heavy (non-hydrogen) atoms. The maximum absolute atomic E-state index is 6.16. The molecule has 1 aromatic rings. The van der Waals surface area contributed by atoms with Crippen molar-refractivity contribution in [2.75, 3.05) is 13.2 Å². The van der Waals surface area contributed by atoms with Crippen molar-refractivity contribution in [2.45, 2.75) is 26.8 Å². The molecule has 0 aliphatic heterocycles. The molecule has 3 heteroatoms. The predicted octanol–water partition coefficient (Wildman–Crippen LogP) is 3.24. The maximum atomic E-state index is 6.16. The summed E-state index contributed by atoms with van der Waals surface area (Å²) in [5.41, 5.74) is 1.01. The van der Waals surface area contributed by atoms with Gasteiger partial charge in [-0.2, -0.15) is 0 Å². The van der Waals surface area contributed by atoms with Crippen molar-refractivity contribution in [3.63, 3.8) is 0 Å². The molecule has 0 aromatic heterocycles. The summed E-state index contributed by atoms with van der Waals surface area (Å²) in [6.07, 6.45) is 0.740. The quantitative estimate of drug-likeness (QED) is 0.619. The van der Waals surface area contributed by atoms with Gasteiger partial charge in [0.1, 0.15) is 5.75 Å². The van der Waals surface area contributed by atoms with E-state index in [-0.39, 0.29) is 0 Å². The van der Waals surface area contributed by atoms with E-state index in [2.05, 4.69) is 24.1 Å². The van der Waals surface area contributed by atoms with Gasteiger partial charge in [-0.25, -0.2) is 0 Å². The summed E-state index contributed by atoms with van der Waals surface area (Å²) in [7, 11) is 0. The van der Waals surface area contributed by atoms with E-state index in [1.165, 1.54) is 0 Å². The number of rotatable bonds is 6. The number of hydrogen-bond donors (Lipinski definition) is 1. The molecule has 0 bridgehead atoms. The second-order valence-corrected chi connectivity index (χ2v) is 3.93. The molecule has 92 valence electrons. The van der Waals surface area contributed by atoms with Crippen LogP contribution in [0.5, 0.6) is 5.75 Å². The zero-order valence-electron chi connectivity index (χ0n) is 10.3. The van der Waals surface area contributed by atoms with E-state index in [0.717, 1.165) is 35.8 Å². The van der Waals surface area contributed by atoms with Crippen molar-refractivity contribution < 1.29 is 4.74 Å². The van der Waals surface area contributed by atoms with Gasteiger partial charge >= 0.3 is 0 Å². The number of benzene rings is 1. The van der Waals surface area contributed by atoms with Crippen LogP contribution in [0.15, 0.2) is 18.2 Å². The molecule has 0 aliphatic carbocycles. The monoisotopic (exact) mass is 251 g/mol. The zero-order chi connectivity index (χ0) is 12.5. The largest absolute Gasteiger partial charge is 0.492 e. The van der Waals surface area contributed by atoms with E-state index in [4.69, 9.17) is 16.3 Å². The second kappa shape index (κ2) is 8.00. The van der Waals surface area contributed by atoms with Crippen molar-refractivity contribution in [3.8, 4) is 17.6 Å². The van der Waals surface area contributed by atoms with E-state index >= 15 is 0 Å². The van der Waals surface area contributed by atoms with Gasteiger partial charge in [-0.3, -0.25) is 0 Å². The van der Waals surface area contributed by atoms with E-state index in [1.807, 2.05) is 25.1 Å². The fourth-order valence-electron chi connectivity index (χ4n) is 1.43. The molecule has 0 atom stereocenters. The van der Waals surface area contributed by atoms with Crippen LogP contribution in [0.1, 0.15) is 25.8 Å². The molecule has 0 saturated heterocycles. The molecule has 1 rings (SSSR count). The normalized spacial score (nSPS) is 9.59. The Hall–Kier alpha value is -1.17. The van der Waals surface area contributed by atoms with Gasteiger partial charge in [-0.15, -0.1) is 11.8 Å². The number of halogens is 1. The van der Waals surface area contributed by atoms with Crippen molar-refractivity contribution in [1.29, 1.82) is 0 Å². The summed E-state index contributed by atoms with van der Waals surface area (Å²) in [6, 6.07) is 5.73. The average molecular weight is 252 g/mol. The molecule has 0 heterocycles. The molecule has 2 nitrogen and oxygen atoms in total. The van der Waals surface area contributed by atoms with Gasteiger partial charge in [0, 0.05) is 23.6 Å². The fourth-order valence-corrected chi connectivity index (χ4v) is 1.67.